The minimum absolute atomic E-state index is 0.0449. The number of rotatable bonds is 14. The molecule has 2 N–H and O–H groups in total. The number of carbonyl (C=O) groups excluding carboxylic acids is 2. The fourth-order valence-corrected chi connectivity index (χ4v) is 4.82. The Kier molecular flexibility index (Phi) is 10.9. The van der Waals surface area contributed by atoms with Gasteiger partial charge in [0, 0.05) is 30.8 Å². The van der Waals surface area contributed by atoms with E-state index in [4.69, 9.17) is 9.47 Å². The molecule has 0 saturated heterocycles. The molecule has 43 heavy (non-hydrogen) atoms. The van der Waals surface area contributed by atoms with E-state index in [0.717, 1.165) is 22.6 Å². The Morgan fingerprint density at radius 2 is 1.42 bits per heavy atom. The Hall–Kier alpha value is -5.11. The molecule has 0 saturated carbocycles. The molecule has 0 heterocycles. The summed E-state index contributed by atoms with van der Waals surface area (Å²) in [5.74, 6) is -0.0917. The van der Waals surface area contributed by atoms with Crippen LogP contribution in [0.15, 0.2) is 97.1 Å². The standard InChI is InChI=1S/C35H36N2O6/c1-3-43-32-15-9-4-10-26(32)20-22-37(23-21-33(38)39)35(41)31-14-8-6-12-29(31)28-11-5-7-13-30(28)34(40)36-24-25-16-18-27(42-2)19-17-25/h4-19H,3,20-24H2,1-2H3,(H,36,40)(H,38,39). The third kappa shape index (κ3) is 8.23. The fraction of sp³-hybridized carbons (Fsp3) is 0.229. The number of nitrogens with one attached hydrogen (secondary N) is 1. The molecule has 0 radical (unpaired) electrons. The van der Waals surface area contributed by atoms with E-state index in [1.165, 1.54) is 0 Å². The molecular weight excluding hydrogens is 544 g/mol. The molecule has 0 aliphatic heterocycles. The number of nitrogens with zero attached hydrogens (tertiary/aromatic N) is 1. The highest BCUT2D eigenvalue weighted by Gasteiger charge is 2.23. The molecule has 4 aromatic rings. The van der Waals surface area contributed by atoms with Crippen LogP contribution in [-0.2, 0) is 17.8 Å². The van der Waals surface area contributed by atoms with Gasteiger partial charge < -0.3 is 24.8 Å². The van der Waals surface area contributed by atoms with Crippen molar-refractivity contribution < 1.29 is 29.0 Å². The van der Waals surface area contributed by atoms with E-state index in [1.54, 1.807) is 36.3 Å². The van der Waals surface area contributed by atoms with Gasteiger partial charge in [-0.1, -0.05) is 66.7 Å². The van der Waals surface area contributed by atoms with Crippen LogP contribution in [0.3, 0.4) is 0 Å². The van der Waals surface area contributed by atoms with Crippen molar-refractivity contribution in [3.63, 3.8) is 0 Å². The van der Waals surface area contributed by atoms with Gasteiger partial charge in [-0.25, -0.2) is 0 Å². The molecule has 0 spiro atoms. The third-order valence-electron chi connectivity index (χ3n) is 7.04. The molecule has 0 atom stereocenters. The first-order valence-electron chi connectivity index (χ1n) is 14.2. The highest BCUT2D eigenvalue weighted by atomic mass is 16.5. The Morgan fingerprint density at radius 3 is 2.09 bits per heavy atom. The summed E-state index contributed by atoms with van der Waals surface area (Å²) in [5, 5.41) is 12.4. The van der Waals surface area contributed by atoms with Crippen molar-refractivity contribution in [3.05, 3.63) is 119 Å². The molecule has 0 aliphatic carbocycles. The van der Waals surface area contributed by atoms with Gasteiger partial charge in [-0.05, 0) is 65.9 Å². The van der Waals surface area contributed by atoms with Gasteiger partial charge in [-0.2, -0.15) is 0 Å². The van der Waals surface area contributed by atoms with E-state index in [1.807, 2.05) is 79.7 Å². The van der Waals surface area contributed by atoms with Gasteiger partial charge in [0.25, 0.3) is 11.8 Å². The Balaban J connectivity index is 1.59. The number of carboxylic acid groups (broad SMARTS) is 1. The predicted octanol–water partition coefficient (Wildman–Crippen LogP) is 5.85. The van der Waals surface area contributed by atoms with Crippen LogP contribution < -0.4 is 14.8 Å². The number of hydrogen-bond donors (Lipinski definition) is 2. The quantitative estimate of drug-likeness (QED) is 0.194. The van der Waals surface area contributed by atoms with Crippen LogP contribution in [0.4, 0.5) is 0 Å². The first-order valence-corrected chi connectivity index (χ1v) is 14.2. The van der Waals surface area contributed by atoms with Crippen LogP contribution in [-0.4, -0.2) is 54.6 Å². The van der Waals surface area contributed by atoms with Gasteiger partial charge in [-0.15, -0.1) is 0 Å². The lowest BCUT2D eigenvalue weighted by Crippen LogP contribution is -2.35. The van der Waals surface area contributed by atoms with Gasteiger partial charge in [0.15, 0.2) is 0 Å². The van der Waals surface area contributed by atoms with Gasteiger partial charge in [0.2, 0.25) is 0 Å². The number of carbonyl (C=O) groups is 3. The number of amides is 2. The van der Waals surface area contributed by atoms with Gasteiger partial charge in [-0.3, -0.25) is 14.4 Å². The molecule has 222 valence electrons. The van der Waals surface area contributed by atoms with E-state index in [-0.39, 0.29) is 24.8 Å². The van der Waals surface area contributed by atoms with E-state index in [0.29, 0.717) is 48.4 Å². The van der Waals surface area contributed by atoms with Crippen molar-refractivity contribution in [2.75, 3.05) is 26.8 Å². The zero-order chi connectivity index (χ0) is 30.6. The smallest absolute Gasteiger partial charge is 0.305 e. The minimum atomic E-state index is -0.986. The number of ether oxygens (including phenoxy) is 2. The minimum Gasteiger partial charge on any atom is -0.497 e. The molecule has 0 bridgehead atoms. The maximum Gasteiger partial charge on any atom is 0.305 e. The molecular formula is C35H36N2O6. The van der Waals surface area contributed by atoms with Gasteiger partial charge in [0.1, 0.15) is 11.5 Å². The van der Waals surface area contributed by atoms with Crippen LogP contribution in [0.1, 0.15) is 45.2 Å². The first kappa shape index (κ1) is 30.8. The van der Waals surface area contributed by atoms with Crippen molar-refractivity contribution in [1.82, 2.24) is 10.2 Å². The second-order valence-corrected chi connectivity index (χ2v) is 9.85. The van der Waals surface area contributed by atoms with Crippen LogP contribution in [0, 0.1) is 0 Å². The summed E-state index contributed by atoms with van der Waals surface area (Å²) in [7, 11) is 1.60. The van der Waals surface area contributed by atoms with E-state index < -0.39 is 5.97 Å². The number of para-hydroxylation sites is 1. The average Bonchev–Trinajstić information content (AvgIpc) is 3.04. The highest BCUT2D eigenvalue weighted by Crippen LogP contribution is 2.29. The summed E-state index contributed by atoms with van der Waals surface area (Å²) in [4.78, 5) is 40.4. The fourth-order valence-electron chi connectivity index (χ4n) is 4.82. The second kappa shape index (κ2) is 15.2. The maximum absolute atomic E-state index is 14.0. The molecule has 8 nitrogen and oxygen atoms in total. The average molecular weight is 581 g/mol. The molecule has 0 fully saturated rings. The van der Waals surface area contributed by atoms with Crippen LogP contribution >= 0.6 is 0 Å². The lowest BCUT2D eigenvalue weighted by Gasteiger charge is -2.24. The zero-order valence-electron chi connectivity index (χ0n) is 24.4. The second-order valence-electron chi connectivity index (χ2n) is 9.85. The molecule has 2 amide bonds. The Bertz CT molecular complexity index is 1550. The largest absolute Gasteiger partial charge is 0.497 e. The molecule has 0 unspecified atom stereocenters. The normalized spacial score (nSPS) is 10.6. The monoisotopic (exact) mass is 580 g/mol. The first-order chi connectivity index (χ1) is 20.9. The summed E-state index contributed by atoms with van der Waals surface area (Å²) in [6, 6.07) is 29.3. The molecule has 0 aliphatic rings. The molecule has 0 aromatic heterocycles. The summed E-state index contributed by atoms with van der Waals surface area (Å²) >= 11 is 0. The number of methoxy groups -OCH3 is 1. The molecule has 4 aromatic carbocycles. The Labute approximate surface area is 251 Å². The maximum atomic E-state index is 14.0. The lowest BCUT2D eigenvalue weighted by molar-refractivity contribution is -0.137. The molecule has 4 rings (SSSR count). The predicted molar refractivity (Wildman–Crippen MR) is 166 cm³/mol. The number of aliphatic carboxylic acids is 1. The highest BCUT2D eigenvalue weighted by molar-refractivity contribution is 6.06. The zero-order valence-corrected chi connectivity index (χ0v) is 24.4. The SMILES string of the molecule is CCOc1ccccc1CCN(CCC(=O)O)C(=O)c1ccccc1-c1ccccc1C(=O)NCc1ccc(OC)cc1. The van der Waals surface area contributed by atoms with Crippen molar-refractivity contribution in [3.8, 4) is 22.6 Å². The van der Waals surface area contributed by atoms with Gasteiger partial charge in [0.05, 0.1) is 20.1 Å². The van der Waals surface area contributed by atoms with E-state index in [2.05, 4.69) is 5.32 Å². The summed E-state index contributed by atoms with van der Waals surface area (Å²) in [5.41, 5.74) is 3.88. The number of carboxylic acids is 1. The van der Waals surface area contributed by atoms with Crippen LogP contribution in [0.2, 0.25) is 0 Å². The van der Waals surface area contributed by atoms with Crippen molar-refractivity contribution in [2.24, 2.45) is 0 Å². The number of hydrogen-bond acceptors (Lipinski definition) is 5. The van der Waals surface area contributed by atoms with Gasteiger partial charge >= 0.3 is 5.97 Å². The summed E-state index contributed by atoms with van der Waals surface area (Å²) in [6.07, 6.45) is 0.305. The van der Waals surface area contributed by atoms with Crippen LogP contribution in [0.25, 0.3) is 11.1 Å². The van der Waals surface area contributed by atoms with Crippen molar-refractivity contribution in [2.45, 2.75) is 26.3 Å². The topological polar surface area (TPSA) is 105 Å². The summed E-state index contributed by atoms with van der Waals surface area (Å²) in [6.45, 7) is 3.09. The van der Waals surface area contributed by atoms with E-state index >= 15 is 0 Å². The van der Waals surface area contributed by atoms with Crippen molar-refractivity contribution in [1.29, 1.82) is 0 Å². The van der Waals surface area contributed by atoms with Crippen molar-refractivity contribution >= 4 is 17.8 Å². The third-order valence-corrected chi connectivity index (χ3v) is 7.04. The Morgan fingerprint density at radius 1 is 0.791 bits per heavy atom. The van der Waals surface area contributed by atoms with Crippen LogP contribution in [0.5, 0.6) is 11.5 Å². The number of benzene rings is 4. The van der Waals surface area contributed by atoms with E-state index in [9.17, 15) is 19.5 Å². The lowest BCUT2D eigenvalue weighted by atomic mass is 9.94. The summed E-state index contributed by atoms with van der Waals surface area (Å²) < 4.78 is 10.9. The molecule has 8 heteroatoms.